The molecule has 1 aromatic heterocycles. The van der Waals surface area contributed by atoms with Gasteiger partial charge in [-0.15, -0.1) is 0 Å². The van der Waals surface area contributed by atoms with Crippen LogP contribution in [0.4, 0.5) is 0 Å². The van der Waals surface area contributed by atoms with Crippen molar-refractivity contribution in [2.75, 3.05) is 6.61 Å². The van der Waals surface area contributed by atoms with Crippen LogP contribution in [0.5, 0.6) is 0 Å². The van der Waals surface area contributed by atoms with Crippen LogP contribution in [0.2, 0.25) is 0 Å². The van der Waals surface area contributed by atoms with E-state index in [0.29, 0.717) is 5.92 Å². The van der Waals surface area contributed by atoms with Gasteiger partial charge in [-0.25, -0.2) is 0 Å². The monoisotopic (exact) mass is 208 g/mol. The standard InChI is InChI=1S/C12H20N2O/c1-3-10(2)12(9-15)14-8-11-4-6-13-7-5-11/h4-7,10,12,14-15H,3,8-9H2,1-2H3. The lowest BCUT2D eigenvalue weighted by Crippen LogP contribution is -2.37. The SMILES string of the molecule is CCC(C)C(CO)NCc1ccncc1. The van der Waals surface area contributed by atoms with Crippen LogP contribution in [0, 0.1) is 5.92 Å². The molecule has 0 amide bonds. The minimum absolute atomic E-state index is 0.183. The quantitative estimate of drug-likeness (QED) is 0.746. The average Bonchev–Trinajstić information content (AvgIpc) is 2.31. The lowest BCUT2D eigenvalue weighted by Gasteiger charge is -2.22. The van der Waals surface area contributed by atoms with E-state index in [9.17, 15) is 5.11 Å². The van der Waals surface area contributed by atoms with Crippen molar-refractivity contribution >= 4 is 0 Å². The minimum atomic E-state index is 0.183. The van der Waals surface area contributed by atoms with Crippen molar-refractivity contribution in [1.82, 2.24) is 10.3 Å². The van der Waals surface area contributed by atoms with Crippen LogP contribution in [0.25, 0.3) is 0 Å². The van der Waals surface area contributed by atoms with E-state index >= 15 is 0 Å². The van der Waals surface area contributed by atoms with E-state index in [-0.39, 0.29) is 12.6 Å². The first-order chi connectivity index (χ1) is 7.27. The molecule has 0 aromatic carbocycles. The predicted molar refractivity (Wildman–Crippen MR) is 61.4 cm³/mol. The lowest BCUT2D eigenvalue weighted by molar-refractivity contribution is 0.201. The summed E-state index contributed by atoms with van der Waals surface area (Å²) in [6, 6.07) is 4.15. The Balaban J connectivity index is 2.41. The van der Waals surface area contributed by atoms with Crippen LogP contribution < -0.4 is 5.32 Å². The summed E-state index contributed by atoms with van der Waals surface area (Å²) in [6.45, 7) is 5.28. The zero-order valence-electron chi connectivity index (χ0n) is 9.48. The molecular weight excluding hydrogens is 188 g/mol. The molecule has 1 rings (SSSR count). The van der Waals surface area contributed by atoms with Gasteiger partial charge in [-0.05, 0) is 23.6 Å². The summed E-state index contributed by atoms with van der Waals surface area (Å²) in [5, 5.41) is 12.6. The summed E-state index contributed by atoms with van der Waals surface area (Å²) >= 11 is 0. The first-order valence-corrected chi connectivity index (χ1v) is 5.51. The van der Waals surface area contributed by atoms with E-state index in [1.807, 2.05) is 12.1 Å². The second-order valence-electron chi connectivity index (χ2n) is 3.91. The molecule has 0 saturated carbocycles. The van der Waals surface area contributed by atoms with Crippen LogP contribution in [0.3, 0.4) is 0 Å². The van der Waals surface area contributed by atoms with E-state index in [1.54, 1.807) is 12.4 Å². The molecule has 84 valence electrons. The highest BCUT2D eigenvalue weighted by Crippen LogP contribution is 2.08. The molecule has 0 aliphatic carbocycles. The van der Waals surface area contributed by atoms with E-state index in [0.717, 1.165) is 13.0 Å². The van der Waals surface area contributed by atoms with Crippen molar-refractivity contribution in [3.63, 3.8) is 0 Å². The van der Waals surface area contributed by atoms with E-state index in [4.69, 9.17) is 0 Å². The third-order valence-electron chi connectivity index (χ3n) is 2.85. The molecule has 1 aromatic rings. The van der Waals surface area contributed by atoms with Gasteiger partial charge in [0.15, 0.2) is 0 Å². The molecule has 0 aliphatic heterocycles. The zero-order chi connectivity index (χ0) is 11.1. The van der Waals surface area contributed by atoms with Gasteiger partial charge in [-0.2, -0.15) is 0 Å². The number of aliphatic hydroxyl groups excluding tert-OH is 1. The maximum atomic E-state index is 9.23. The fourth-order valence-corrected chi connectivity index (χ4v) is 1.48. The van der Waals surface area contributed by atoms with E-state index in [1.165, 1.54) is 5.56 Å². The molecule has 0 spiro atoms. The Kier molecular flexibility index (Phi) is 5.29. The van der Waals surface area contributed by atoms with Crippen LogP contribution in [-0.2, 0) is 6.54 Å². The highest BCUT2D eigenvalue weighted by atomic mass is 16.3. The molecule has 0 bridgehead atoms. The Hall–Kier alpha value is -0.930. The molecule has 1 heterocycles. The number of nitrogens with zero attached hydrogens (tertiary/aromatic N) is 1. The molecule has 0 radical (unpaired) electrons. The van der Waals surface area contributed by atoms with Crippen molar-refractivity contribution in [2.45, 2.75) is 32.9 Å². The van der Waals surface area contributed by atoms with Gasteiger partial charge in [0, 0.05) is 25.0 Å². The van der Waals surface area contributed by atoms with Crippen LogP contribution in [-0.4, -0.2) is 22.7 Å². The second kappa shape index (κ2) is 6.53. The van der Waals surface area contributed by atoms with Gasteiger partial charge in [0.2, 0.25) is 0 Å². The number of nitrogens with one attached hydrogen (secondary N) is 1. The van der Waals surface area contributed by atoms with Gasteiger partial charge < -0.3 is 10.4 Å². The summed E-state index contributed by atoms with van der Waals surface area (Å²) in [6.07, 6.45) is 4.65. The summed E-state index contributed by atoms with van der Waals surface area (Å²) in [4.78, 5) is 3.97. The van der Waals surface area contributed by atoms with Crippen LogP contribution in [0.15, 0.2) is 24.5 Å². The van der Waals surface area contributed by atoms with Gasteiger partial charge in [-0.3, -0.25) is 4.98 Å². The van der Waals surface area contributed by atoms with E-state index < -0.39 is 0 Å². The Bertz CT molecular complexity index is 264. The van der Waals surface area contributed by atoms with Gasteiger partial charge >= 0.3 is 0 Å². The van der Waals surface area contributed by atoms with Crippen molar-refractivity contribution in [3.8, 4) is 0 Å². The molecule has 0 aliphatic rings. The van der Waals surface area contributed by atoms with Crippen molar-refractivity contribution < 1.29 is 5.11 Å². The fraction of sp³-hybridized carbons (Fsp3) is 0.583. The predicted octanol–water partition coefficient (Wildman–Crippen LogP) is 1.58. The molecule has 0 fully saturated rings. The summed E-state index contributed by atoms with van der Waals surface area (Å²) in [7, 11) is 0. The van der Waals surface area contributed by atoms with Gasteiger partial charge in [0.25, 0.3) is 0 Å². The Morgan fingerprint density at radius 2 is 2.07 bits per heavy atom. The van der Waals surface area contributed by atoms with Gasteiger partial charge in [0.05, 0.1) is 6.61 Å². The number of aliphatic hydroxyl groups is 1. The minimum Gasteiger partial charge on any atom is -0.395 e. The van der Waals surface area contributed by atoms with Crippen molar-refractivity contribution in [3.05, 3.63) is 30.1 Å². The molecule has 3 heteroatoms. The summed E-state index contributed by atoms with van der Waals surface area (Å²) < 4.78 is 0. The van der Waals surface area contributed by atoms with E-state index in [2.05, 4.69) is 24.1 Å². The zero-order valence-corrected chi connectivity index (χ0v) is 9.48. The van der Waals surface area contributed by atoms with Crippen LogP contribution in [0.1, 0.15) is 25.8 Å². The topological polar surface area (TPSA) is 45.1 Å². The van der Waals surface area contributed by atoms with Crippen molar-refractivity contribution in [2.24, 2.45) is 5.92 Å². The molecule has 2 atom stereocenters. The number of rotatable bonds is 6. The summed E-state index contributed by atoms with van der Waals surface area (Å²) in [5.41, 5.74) is 1.20. The molecule has 15 heavy (non-hydrogen) atoms. The summed E-state index contributed by atoms with van der Waals surface area (Å²) in [5.74, 6) is 0.497. The first kappa shape index (κ1) is 12.1. The van der Waals surface area contributed by atoms with Gasteiger partial charge in [0.1, 0.15) is 0 Å². The highest BCUT2D eigenvalue weighted by molar-refractivity contribution is 5.09. The van der Waals surface area contributed by atoms with Crippen LogP contribution >= 0.6 is 0 Å². The number of hydrogen-bond donors (Lipinski definition) is 2. The third-order valence-corrected chi connectivity index (χ3v) is 2.85. The first-order valence-electron chi connectivity index (χ1n) is 5.51. The maximum absolute atomic E-state index is 9.23. The third kappa shape index (κ3) is 3.98. The second-order valence-corrected chi connectivity index (χ2v) is 3.91. The fourth-order valence-electron chi connectivity index (χ4n) is 1.48. The lowest BCUT2D eigenvalue weighted by atomic mass is 10.00. The molecule has 2 N–H and O–H groups in total. The molecule has 3 nitrogen and oxygen atoms in total. The highest BCUT2D eigenvalue weighted by Gasteiger charge is 2.13. The number of aromatic nitrogens is 1. The largest absolute Gasteiger partial charge is 0.395 e. The average molecular weight is 208 g/mol. The number of pyridine rings is 1. The molecule has 0 saturated heterocycles. The normalized spacial score (nSPS) is 14.9. The van der Waals surface area contributed by atoms with Crippen molar-refractivity contribution in [1.29, 1.82) is 0 Å². The maximum Gasteiger partial charge on any atom is 0.0587 e. The Labute approximate surface area is 91.5 Å². The molecule has 2 unspecified atom stereocenters. The Morgan fingerprint density at radius 1 is 1.40 bits per heavy atom. The van der Waals surface area contributed by atoms with Gasteiger partial charge in [-0.1, -0.05) is 20.3 Å². The smallest absolute Gasteiger partial charge is 0.0587 e. The number of hydrogen-bond acceptors (Lipinski definition) is 3. The Morgan fingerprint density at radius 3 is 2.60 bits per heavy atom. The molecular formula is C12H20N2O.